The van der Waals surface area contributed by atoms with Gasteiger partial charge in [0.15, 0.2) is 11.5 Å². The summed E-state index contributed by atoms with van der Waals surface area (Å²) >= 11 is 0. The molecular weight excluding hydrogens is 250 g/mol. The Morgan fingerprint density at radius 1 is 1.00 bits per heavy atom. The second-order valence-electron chi connectivity index (χ2n) is 5.71. The van der Waals surface area contributed by atoms with Gasteiger partial charge in [-0.1, -0.05) is 20.8 Å². The quantitative estimate of drug-likeness (QED) is 0.849. The summed E-state index contributed by atoms with van der Waals surface area (Å²) in [6.45, 7) is 7.93. The van der Waals surface area contributed by atoms with E-state index >= 15 is 0 Å². The monoisotopic (exact) mass is 277 g/mol. The van der Waals surface area contributed by atoms with Crippen molar-refractivity contribution in [3.8, 4) is 11.5 Å². The molecule has 0 fully saturated rings. The van der Waals surface area contributed by atoms with E-state index in [1.54, 1.807) is 0 Å². The van der Waals surface area contributed by atoms with Crippen molar-refractivity contribution >= 4 is 0 Å². The van der Waals surface area contributed by atoms with Gasteiger partial charge in [0.25, 0.3) is 0 Å². The van der Waals surface area contributed by atoms with Crippen molar-refractivity contribution in [3.63, 3.8) is 0 Å². The van der Waals surface area contributed by atoms with E-state index in [1.807, 2.05) is 0 Å². The molecule has 0 radical (unpaired) electrons. The smallest absolute Gasteiger partial charge is 0.161 e. The summed E-state index contributed by atoms with van der Waals surface area (Å²) in [5.41, 5.74) is 8.83. The lowest BCUT2D eigenvalue weighted by molar-refractivity contribution is 0.267. The van der Waals surface area contributed by atoms with Crippen molar-refractivity contribution < 1.29 is 9.47 Å². The molecular formula is C17H27NO2. The van der Waals surface area contributed by atoms with Gasteiger partial charge in [-0.15, -0.1) is 0 Å². The summed E-state index contributed by atoms with van der Waals surface area (Å²) in [4.78, 5) is 0. The van der Waals surface area contributed by atoms with Gasteiger partial charge in [0.2, 0.25) is 0 Å². The van der Waals surface area contributed by atoms with Crippen LogP contribution in [0.5, 0.6) is 11.5 Å². The summed E-state index contributed by atoms with van der Waals surface area (Å²) in [7, 11) is 0. The highest BCUT2D eigenvalue weighted by atomic mass is 16.5. The first kappa shape index (κ1) is 15.2. The Morgan fingerprint density at radius 3 is 2.10 bits per heavy atom. The predicted molar refractivity (Wildman–Crippen MR) is 82.6 cm³/mol. The molecule has 0 heterocycles. The van der Waals surface area contributed by atoms with E-state index in [0.717, 1.165) is 43.8 Å². The van der Waals surface area contributed by atoms with Gasteiger partial charge in [0.05, 0.1) is 13.2 Å². The van der Waals surface area contributed by atoms with Crippen LogP contribution in [0, 0.1) is 0 Å². The van der Waals surface area contributed by atoms with Crippen LogP contribution in [-0.4, -0.2) is 13.2 Å². The van der Waals surface area contributed by atoms with Gasteiger partial charge < -0.3 is 15.2 Å². The molecule has 0 saturated carbocycles. The van der Waals surface area contributed by atoms with Crippen molar-refractivity contribution in [2.24, 2.45) is 5.73 Å². The van der Waals surface area contributed by atoms with Crippen LogP contribution in [0.3, 0.4) is 0 Å². The van der Waals surface area contributed by atoms with E-state index in [9.17, 15) is 0 Å². The van der Waals surface area contributed by atoms with E-state index in [2.05, 4.69) is 32.9 Å². The second-order valence-corrected chi connectivity index (χ2v) is 5.71. The number of fused-ring (bicyclic) bond motifs is 1. The fraction of sp³-hybridized carbons (Fsp3) is 0.647. The molecule has 1 aromatic rings. The molecule has 2 N–H and O–H groups in total. The standard InChI is InChI=1S/C17H27NO2/c1-4-8-19-16-10-13-12(3)6-7-15(18)14(13)11-17(16)20-9-5-2/h10-12,15H,4-9,18H2,1-3H3. The fourth-order valence-electron chi connectivity index (χ4n) is 2.73. The number of ether oxygens (including phenoxy) is 2. The zero-order valence-corrected chi connectivity index (χ0v) is 12.9. The third-order valence-electron chi connectivity index (χ3n) is 3.91. The maximum absolute atomic E-state index is 6.26. The highest BCUT2D eigenvalue weighted by Gasteiger charge is 2.25. The first-order valence-electron chi connectivity index (χ1n) is 7.86. The third kappa shape index (κ3) is 3.26. The highest BCUT2D eigenvalue weighted by Crippen LogP contribution is 2.42. The first-order chi connectivity index (χ1) is 9.67. The van der Waals surface area contributed by atoms with Crippen molar-refractivity contribution in [1.29, 1.82) is 0 Å². The molecule has 0 bridgehead atoms. The maximum atomic E-state index is 6.26. The Hall–Kier alpha value is -1.22. The molecule has 1 aliphatic rings. The van der Waals surface area contributed by atoms with Crippen LogP contribution in [0.1, 0.15) is 69.5 Å². The molecule has 2 unspecified atom stereocenters. The number of benzene rings is 1. The average Bonchev–Trinajstić information content (AvgIpc) is 2.46. The van der Waals surface area contributed by atoms with Gasteiger partial charge in [-0.2, -0.15) is 0 Å². The summed E-state index contributed by atoms with van der Waals surface area (Å²) in [6.07, 6.45) is 4.19. The minimum atomic E-state index is 0.130. The lowest BCUT2D eigenvalue weighted by atomic mass is 9.81. The molecule has 0 aliphatic heterocycles. The van der Waals surface area contributed by atoms with Crippen LogP contribution in [-0.2, 0) is 0 Å². The highest BCUT2D eigenvalue weighted by molar-refractivity contribution is 5.50. The molecule has 1 aromatic carbocycles. The topological polar surface area (TPSA) is 44.5 Å². The van der Waals surface area contributed by atoms with Crippen LogP contribution in [0.4, 0.5) is 0 Å². The van der Waals surface area contributed by atoms with Crippen LogP contribution in [0.15, 0.2) is 12.1 Å². The van der Waals surface area contributed by atoms with Crippen LogP contribution in [0.25, 0.3) is 0 Å². The minimum Gasteiger partial charge on any atom is -0.490 e. The molecule has 0 saturated heterocycles. The minimum absolute atomic E-state index is 0.130. The zero-order chi connectivity index (χ0) is 14.5. The van der Waals surface area contributed by atoms with Crippen LogP contribution >= 0.6 is 0 Å². The Kier molecular flexibility index (Phi) is 5.30. The van der Waals surface area contributed by atoms with Crippen molar-refractivity contribution in [3.05, 3.63) is 23.3 Å². The summed E-state index contributed by atoms with van der Waals surface area (Å²) in [5, 5.41) is 0. The average molecular weight is 277 g/mol. The lowest BCUT2D eigenvalue weighted by Gasteiger charge is -2.29. The predicted octanol–water partition coefficient (Wildman–Crippen LogP) is 4.16. The largest absolute Gasteiger partial charge is 0.490 e. The molecule has 2 atom stereocenters. The molecule has 0 amide bonds. The summed E-state index contributed by atoms with van der Waals surface area (Å²) < 4.78 is 11.7. The van der Waals surface area contributed by atoms with Crippen molar-refractivity contribution in [1.82, 2.24) is 0 Å². The SMILES string of the molecule is CCCOc1cc2c(cc1OCCC)C(N)CCC2C. The normalized spacial score (nSPS) is 21.4. The van der Waals surface area contributed by atoms with E-state index in [0.29, 0.717) is 12.5 Å². The summed E-state index contributed by atoms with van der Waals surface area (Å²) in [6, 6.07) is 4.39. The number of rotatable bonds is 6. The van der Waals surface area contributed by atoms with E-state index in [4.69, 9.17) is 15.2 Å². The molecule has 0 aromatic heterocycles. The Morgan fingerprint density at radius 2 is 1.55 bits per heavy atom. The third-order valence-corrected chi connectivity index (χ3v) is 3.91. The van der Waals surface area contributed by atoms with Crippen molar-refractivity contribution in [2.75, 3.05) is 13.2 Å². The number of nitrogens with two attached hydrogens (primary N) is 1. The molecule has 3 heteroatoms. The second kappa shape index (κ2) is 6.98. The molecule has 0 spiro atoms. The van der Waals surface area contributed by atoms with E-state index in [1.165, 1.54) is 11.1 Å². The first-order valence-corrected chi connectivity index (χ1v) is 7.86. The molecule has 112 valence electrons. The van der Waals surface area contributed by atoms with Gasteiger partial charge in [-0.25, -0.2) is 0 Å². The Labute approximate surface area is 122 Å². The molecule has 3 nitrogen and oxygen atoms in total. The maximum Gasteiger partial charge on any atom is 0.161 e. The number of hydrogen-bond acceptors (Lipinski definition) is 3. The van der Waals surface area contributed by atoms with Gasteiger partial charge >= 0.3 is 0 Å². The molecule has 2 rings (SSSR count). The fourth-order valence-corrected chi connectivity index (χ4v) is 2.73. The Bertz CT molecular complexity index is 404. The molecule has 20 heavy (non-hydrogen) atoms. The Balaban J connectivity index is 2.35. The van der Waals surface area contributed by atoms with Gasteiger partial charge in [-0.05, 0) is 54.9 Å². The number of hydrogen-bond donors (Lipinski definition) is 1. The van der Waals surface area contributed by atoms with Crippen LogP contribution in [0.2, 0.25) is 0 Å². The van der Waals surface area contributed by atoms with Gasteiger partial charge in [0, 0.05) is 6.04 Å². The zero-order valence-electron chi connectivity index (χ0n) is 12.9. The van der Waals surface area contributed by atoms with Gasteiger partial charge in [0.1, 0.15) is 0 Å². The van der Waals surface area contributed by atoms with Crippen molar-refractivity contribution in [2.45, 2.75) is 58.4 Å². The van der Waals surface area contributed by atoms with E-state index in [-0.39, 0.29) is 6.04 Å². The lowest BCUT2D eigenvalue weighted by Crippen LogP contribution is -2.20. The molecule has 1 aliphatic carbocycles. The van der Waals surface area contributed by atoms with Gasteiger partial charge in [-0.3, -0.25) is 0 Å². The van der Waals surface area contributed by atoms with E-state index < -0.39 is 0 Å². The summed E-state index contributed by atoms with van der Waals surface area (Å²) in [5.74, 6) is 2.28. The van der Waals surface area contributed by atoms with Crippen LogP contribution < -0.4 is 15.2 Å².